The molecule has 1 N–H and O–H groups in total. The second-order valence-electron chi connectivity index (χ2n) is 3.31. The second kappa shape index (κ2) is 3.62. The van der Waals surface area contributed by atoms with Crippen LogP contribution in [0.5, 0.6) is 0 Å². The van der Waals surface area contributed by atoms with Gasteiger partial charge in [0.15, 0.2) is 0 Å². The minimum Gasteiger partial charge on any atom is -0.289 e. The molecule has 3 nitrogen and oxygen atoms in total. The third-order valence-electron chi connectivity index (χ3n) is 2.24. The Bertz CT molecular complexity index is 491. The standard InChI is InChI=1S/C11H8BrNO2/c1-6-3-2-4-7(10(6)12)8-5-9(14)13-11(8)15/h2-5H,1H3,(H,13,14,15). The van der Waals surface area contributed by atoms with E-state index in [1.807, 2.05) is 19.1 Å². The first-order chi connectivity index (χ1) is 7.09. The molecule has 1 aliphatic rings. The normalized spacial score (nSPS) is 15.2. The maximum absolute atomic E-state index is 11.4. The molecule has 1 aromatic carbocycles. The second-order valence-corrected chi connectivity index (χ2v) is 4.11. The molecule has 2 rings (SSSR count). The van der Waals surface area contributed by atoms with Crippen molar-refractivity contribution in [3.63, 3.8) is 0 Å². The third-order valence-corrected chi connectivity index (χ3v) is 3.29. The Labute approximate surface area is 95.3 Å². The molecule has 15 heavy (non-hydrogen) atoms. The Kier molecular flexibility index (Phi) is 2.44. The van der Waals surface area contributed by atoms with Crippen molar-refractivity contribution in [1.82, 2.24) is 5.32 Å². The van der Waals surface area contributed by atoms with Crippen molar-refractivity contribution >= 4 is 33.3 Å². The van der Waals surface area contributed by atoms with Gasteiger partial charge in [0.05, 0.1) is 5.57 Å². The van der Waals surface area contributed by atoms with Crippen molar-refractivity contribution in [3.8, 4) is 0 Å². The SMILES string of the molecule is Cc1cccc(C2=CC(=O)NC2=O)c1Br. The summed E-state index contributed by atoms with van der Waals surface area (Å²) in [6.45, 7) is 1.93. The lowest BCUT2D eigenvalue weighted by Crippen LogP contribution is -2.21. The zero-order chi connectivity index (χ0) is 11.0. The number of hydrogen-bond acceptors (Lipinski definition) is 2. The van der Waals surface area contributed by atoms with Crippen LogP contribution in [-0.2, 0) is 9.59 Å². The van der Waals surface area contributed by atoms with Gasteiger partial charge in [0.25, 0.3) is 11.8 Å². The lowest BCUT2D eigenvalue weighted by atomic mass is 10.0. The lowest BCUT2D eigenvalue weighted by Gasteiger charge is -2.05. The van der Waals surface area contributed by atoms with Crippen LogP contribution in [0.1, 0.15) is 11.1 Å². The van der Waals surface area contributed by atoms with Crippen molar-refractivity contribution in [1.29, 1.82) is 0 Å². The minimum atomic E-state index is -0.358. The predicted molar refractivity (Wildman–Crippen MR) is 60.0 cm³/mol. The molecule has 0 unspecified atom stereocenters. The summed E-state index contributed by atoms with van der Waals surface area (Å²) < 4.78 is 0.848. The number of carbonyl (C=O) groups excluding carboxylic acids is 2. The number of rotatable bonds is 1. The number of carbonyl (C=O) groups is 2. The van der Waals surface area contributed by atoms with Crippen molar-refractivity contribution in [2.75, 3.05) is 0 Å². The van der Waals surface area contributed by atoms with Crippen LogP contribution in [0.2, 0.25) is 0 Å². The Morgan fingerprint density at radius 1 is 1.27 bits per heavy atom. The molecule has 0 atom stereocenters. The van der Waals surface area contributed by atoms with Gasteiger partial charge < -0.3 is 0 Å². The molecule has 1 aliphatic heterocycles. The number of hydrogen-bond donors (Lipinski definition) is 1. The molecule has 2 amide bonds. The molecule has 0 aliphatic carbocycles. The molecule has 0 aromatic heterocycles. The first-order valence-electron chi connectivity index (χ1n) is 4.42. The molecule has 76 valence electrons. The summed E-state index contributed by atoms with van der Waals surface area (Å²) >= 11 is 3.41. The van der Waals surface area contributed by atoms with E-state index in [0.717, 1.165) is 15.6 Å². The first-order valence-corrected chi connectivity index (χ1v) is 5.21. The maximum atomic E-state index is 11.4. The zero-order valence-corrected chi connectivity index (χ0v) is 9.59. The highest BCUT2D eigenvalue weighted by molar-refractivity contribution is 9.10. The van der Waals surface area contributed by atoms with E-state index in [2.05, 4.69) is 21.2 Å². The fourth-order valence-corrected chi connectivity index (χ4v) is 1.95. The largest absolute Gasteiger partial charge is 0.289 e. The minimum absolute atomic E-state index is 0.341. The van der Waals surface area contributed by atoms with Gasteiger partial charge in [-0.05, 0) is 28.4 Å². The number of aryl methyl sites for hydroxylation is 1. The van der Waals surface area contributed by atoms with Gasteiger partial charge in [0.1, 0.15) is 0 Å². The summed E-state index contributed by atoms with van der Waals surface area (Å²) in [4.78, 5) is 22.4. The molecule has 4 heteroatoms. The summed E-state index contributed by atoms with van der Waals surface area (Å²) in [5.74, 6) is -0.699. The van der Waals surface area contributed by atoms with Gasteiger partial charge in [-0.15, -0.1) is 0 Å². The van der Waals surface area contributed by atoms with Crippen LogP contribution in [-0.4, -0.2) is 11.8 Å². The third kappa shape index (κ3) is 1.72. The fourth-order valence-electron chi connectivity index (χ4n) is 1.47. The quantitative estimate of drug-likeness (QED) is 0.788. The van der Waals surface area contributed by atoms with Gasteiger partial charge >= 0.3 is 0 Å². The van der Waals surface area contributed by atoms with Crippen LogP contribution in [0.15, 0.2) is 28.7 Å². The average molecular weight is 266 g/mol. The number of imide groups is 1. The molecule has 1 aromatic rings. The Morgan fingerprint density at radius 3 is 2.60 bits per heavy atom. The van der Waals surface area contributed by atoms with Gasteiger partial charge in [-0.25, -0.2) is 0 Å². The van der Waals surface area contributed by atoms with Crippen LogP contribution < -0.4 is 5.32 Å². The van der Waals surface area contributed by atoms with Crippen molar-refractivity contribution in [2.45, 2.75) is 6.92 Å². The smallest absolute Gasteiger partial charge is 0.258 e. The lowest BCUT2D eigenvalue weighted by molar-refractivity contribution is -0.123. The van der Waals surface area contributed by atoms with E-state index < -0.39 is 0 Å². The van der Waals surface area contributed by atoms with Crippen molar-refractivity contribution < 1.29 is 9.59 Å². The summed E-state index contributed by atoms with van der Waals surface area (Å²) in [5, 5.41) is 2.22. The van der Waals surface area contributed by atoms with Gasteiger partial charge in [-0.3, -0.25) is 14.9 Å². The fraction of sp³-hybridized carbons (Fsp3) is 0.0909. The van der Waals surface area contributed by atoms with E-state index in [1.54, 1.807) is 6.07 Å². The Morgan fingerprint density at radius 2 is 2.00 bits per heavy atom. The molecule has 0 bridgehead atoms. The van der Waals surface area contributed by atoms with E-state index in [0.29, 0.717) is 5.57 Å². The van der Waals surface area contributed by atoms with Crippen LogP contribution in [0.3, 0.4) is 0 Å². The van der Waals surface area contributed by atoms with Gasteiger partial charge in [-0.1, -0.05) is 18.2 Å². The highest BCUT2D eigenvalue weighted by Gasteiger charge is 2.23. The predicted octanol–water partition coefficient (Wildman–Crippen LogP) is 1.80. The number of halogens is 1. The van der Waals surface area contributed by atoms with Crippen LogP contribution in [0.4, 0.5) is 0 Å². The van der Waals surface area contributed by atoms with Gasteiger partial charge in [-0.2, -0.15) is 0 Å². The van der Waals surface area contributed by atoms with Crippen LogP contribution in [0.25, 0.3) is 5.57 Å². The zero-order valence-electron chi connectivity index (χ0n) is 8.00. The van der Waals surface area contributed by atoms with E-state index in [1.165, 1.54) is 6.08 Å². The summed E-state index contributed by atoms with van der Waals surface area (Å²) in [5.41, 5.74) is 2.19. The molecular formula is C11H8BrNO2. The number of nitrogens with one attached hydrogen (secondary N) is 1. The first kappa shape index (κ1) is 10.1. The number of amides is 2. The van der Waals surface area contributed by atoms with Crippen molar-refractivity contribution in [3.05, 3.63) is 39.9 Å². The highest BCUT2D eigenvalue weighted by atomic mass is 79.9. The molecule has 0 saturated heterocycles. The monoisotopic (exact) mass is 265 g/mol. The number of benzene rings is 1. The average Bonchev–Trinajstić information content (AvgIpc) is 2.50. The summed E-state index contributed by atoms with van der Waals surface area (Å²) in [6.07, 6.45) is 1.32. The van der Waals surface area contributed by atoms with Crippen LogP contribution in [0, 0.1) is 6.92 Å². The Hall–Kier alpha value is -1.42. The topological polar surface area (TPSA) is 46.2 Å². The van der Waals surface area contributed by atoms with Gasteiger partial charge in [0, 0.05) is 16.1 Å². The summed E-state index contributed by atoms with van der Waals surface area (Å²) in [7, 11) is 0. The van der Waals surface area contributed by atoms with Crippen molar-refractivity contribution in [2.24, 2.45) is 0 Å². The van der Waals surface area contributed by atoms with Gasteiger partial charge in [0.2, 0.25) is 0 Å². The molecular weight excluding hydrogens is 258 g/mol. The summed E-state index contributed by atoms with van der Waals surface area (Å²) in [6, 6.07) is 5.59. The molecule has 0 spiro atoms. The highest BCUT2D eigenvalue weighted by Crippen LogP contribution is 2.28. The van der Waals surface area contributed by atoms with E-state index in [-0.39, 0.29) is 11.8 Å². The van der Waals surface area contributed by atoms with E-state index in [9.17, 15) is 9.59 Å². The van der Waals surface area contributed by atoms with Crippen LogP contribution >= 0.6 is 15.9 Å². The van der Waals surface area contributed by atoms with E-state index in [4.69, 9.17) is 0 Å². The molecule has 0 saturated carbocycles. The Balaban J connectivity index is 2.56. The van der Waals surface area contributed by atoms with E-state index >= 15 is 0 Å². The molecule has 1 heterocycles. The molecule has 0 fully saturated rings. The maximum Gasteiger partial charge on any atom is 0.258 e. The molecule has 0 radical (unpaired) electrons.